The van der Waals surface area contributed by atoms with E-state index < -0.39 is 10.0 Å². The predicted octanol–water partition coefficient (Wildman–Crippen LogP) is 3.41. The van der Waals surface area contributed by atoms with Gasteiger partial charge in [-0.05, 0) is 48.5 Å². The summed E-state index contributed by atoms with van der Waals surface area (Å²) in [7, 11) is -2.42. The number of nitrogens with one attached hydrogen (secondary N) is 1. The summed E-state index contributed by atoms with van der Waals surface area (Å²) < 4.78 is 34.3. The number of benzene rings is 2. The molecule has 1 N–H and O–H groups in total. The van der Waals surface area contributed by atoms with Gasteiger partial charge in [0.05, 0.1) is 17.5 Å². The molecule has 1 aliphatic heterocycles. The molecule has 0 spiro atoms. The first-order valence-electron chi connectivity index (χ1n) is 10.5. The van der Waals surface area contributed by atoms with Crippen LogP contribution in [0.1, 0.15) is 0 Å². The molecule has 8 nitrogen and oxygen atoms in total. The quantitative estimate of drug-likeness (QED) is 0.465. The Morgan fingerprint density at radius 1 is 1.06 bits per heavy atom. The van der Waals surface area contributed by atoms with Gasteiger partial charge in [-0.3, -0.25) is 0 Å². The minimum Gasteiger partial charge on any atom is -0.497 e. The molecule has 0 radical (unpaired) electrons. The van der Waals surface area contributed by atoms with Crippen molar-refractivity contribution in [3.05, 3.63) is 65.8 Å². The van der Waals surface area contributed by atoms with Gasteiger partial charge in [0.1, 0.15) is 11.3 Å². The highest BCUT2D eigenvalue weighted by Crippen LogP contribution is 2.34. The van der Waals surface area contributed by atoms with Gasteiger partial charge in [-0.25, -0.2) is 22.4 Å². The highest BCUT2D eigenvalue weighted by molar-refractivity contribution is 7.90. The normalized spacial score (nSPS) is 14.5. The van der Waals surface area contributed by atoms with Gasteiger partial charge in [-0.15, -0.1) is 0 Å². The number of methoxy groups -OCH3 is 1. The second kappa shape index (κ2) is 8.66. The van der Waals surface area contributed by atoms with E-state index in [0.29, 0.717) is 39.0 Å². The Morgan fingerprint density at radius 3 is 2.52 bits per heavy atom. The highest BCUT2D eigenvalue weighted by atomic mass is 35.5. The number of pyridine rings is 1. The molecule has 0 saturated carbocycles. The molecule has 33 heavy (non-hydrogen) atoms. The molecule has 10 heteroatoms. The van der Waals surface area contributed by atoms with E-state index in [1.807, 2.05) is 0 Å². The molecule has 1 fully saturated rings. The first-order chi connectivity index (χ1) is 16.0. The van der Waals surface area contributed by atoms with Crippen LogP contribution in [-0.4, -0.2) is 55.6 Å². The fourth-order valence-corrected chi connectivity index (χ4v) is 5.75. The Balaban J connectivity index is 1.78. The van der Waals surface area contributed by atoms with E-state index in [2.05, 4.69) is 15.2 Å². The minimum atomic E-state index is -4.01. The van der Waals surface area contributed by atoms with Crippen LogP contribution in [0.15, 0.2) is 65.7 Å². The third-order valence-corrected chi connectivity index (χ3v) is 7.55. The molecule has 170 valence electrons. The van der Waals surface area contributed by atoms with Crippen LogP contribution in [0.4, 0.5) is 5.82 Å². The zero-order valence-electron chi connectivity index (χ0n) is 17.9. The summed E-state index contributed by atoms with van der Waals surface area (Å²) in [5, 5.41) is 3.66. The Labute approximate surface area is 196 Å². The van der Waals surface area contributed by atoms with Crippen molar-refractivity contribution in [2.75, 3.05) is 38.2 Å². The average Bonchev–Trinajstić information content (AvgIpc) is 3.25. The van der Waals surface area contributed by atoms with Crippen LogP contribution in [0.25, 0.3) is 22.4 Å². The Bertz CT molecular complexity index is 1410. The molecule has 0 unspecified atom stereocenters. The van der Waals surface area contributed by atoms with Crippen molar-refractivity contribution in [1.82, 2.24) is 19.3 Å². The van der Waals surface area contributed by atoms with Gasteiger partial charge in [0.25, 0.3) is 10.0 Å². The lowest BCUT2D eigenvalue weighted by Crippen LogP contribution is -2.44. The van der Waals surface area contributed by atoms with E-state index >= 15 is 0 Å². The maximum absolute atomic E-state index is 13.9. The summed E-state index contributed by atoms with van der Waals surface area (Å²) >= 11 is 6.12. The second-order valence-corrected chi connectivity index (χ2v) is 9.85. The summed E-state index contributed by atoms with van der Waals surface area (Å²) in [6.07, 6.45) is 1.63. The number of anilines is 1. The fourth-order valence-electron chi connectivity index (χ4n) is 3.98. The lowest BCUT2D eigenvalue weighted by Gasteiger charge is -2.28. The predicted molar refractivity (Wildman–Crippen MR) is 129 cm³/mol. The van der Waals surface area contributed by atoms with Crippen LogP contribution in [-0.2, 0) is 10.0 Å². The van der Waals surface area contributed by atoms with E-state index in [1.165, 1.54) is 16.1 Å². The zero-order valence-corrected chi connectivity index (χ0v) is 19.5. The molecule has 0 atom stereocenters. The summed E-state index contributed by atoms with van der Waals surface area (Å²) in [6.45, 7) is 3.17. The van der Waals surface area contributed by atoms with Crippen molar-refractivity contribution in [3.63, 3.8) is 0 Å². The van der Waals surface area contributed by atoms with E-state index in [1.54, 1.807) is 55.8 Å². The van der Waals surface area contributed by atoms with Crippen molar-refractivity contribution in [2.45, 2.75) is 4.90 Å². The number of ether oxygens (including phenoxy) is 1. The molecular formula is C23H22ClN5O3S. The molecule has 2 aromatic carbocycles. The van der Waals surface area contributed by atoms with E-state index in [4.69, 9.17) is 21.3 Å². The first kappa shape index (κ1) is 21.7. The van der Waals surface area contributed by atoms with Gasteiger partial charge in [0, 0.05) is 43.0 Å². The average molecular weight is 484 g/mol. The Hall–Kier alpha value is -3.14. The topological polar surface area (TPSA) is 89.3 Å². The van der Waals surface area contributed by atoms with Gasteiger partial charge >= 0.3 is 0 Å². The van der Waals surface area contributed by atoms with Crippen molar-refractivity contribution < 1.29 is 13.2 Å². The molecule has 4 aromatic rings. The molecule has 1 aliphatic rings. The van der Waals surface area contributed by atoms with E-state index in [0.717, 1.165) is 26.2 Å². The molecule has 0 bridgehead atoms. The maximum atomic E-state index is 13.9. The molecule has 2 aromatic heterocycles. The summed E-state index contributed by atoms with van der Waals surface area (Å²) in [6, 6.07) is 15.1. The fraction of sp³-hybridized carbons (Fsp3) is 0.217. The number of piperazine rings is 1. The smallest absolute Gasteiger partial charge is 0.270 e. The second-order valence-electron chi connectivity index (χ2n) is 7.63. The molecule has 0 aliphatic carbocycles. The van der Waals surface area contributed by atoms with Gasteiger partial charge in [0.2, 0.25) is 0 Å². The van der Waals surface area contributed by atoms with Crippen LogP contribution in [0.2, 0.25) is 5.02 Å². The largest absolute Gasteiger partial charge is 0.497 e. The molecule has 3 heterocycles. The van der Waals surface area contributed by atoms with E-state index in [-0.39, 0.29) is 4.90 Å². The minimum absolute atomic E-state index is 0.0876. The van der Waals surface area contributed by atoms with Gasteiger partial charge in [0.15, 0.2) is 11.6 Å². The van der Waals surface area contributed by atoms with Crippen molar-refractivity contribution in [3.8, 4) is 17.1 Å². The van der Waals surface area contributed by atoms with Crippen LogP contribution in [0.3, 0.4) is 0 Å². The third kappa shape index (κ3) is 3.92. The lowest BCUT2D eigenvalue weighted by atomic mass is 10.2. The number of hydrogen-bond acceptors (Lipinski definition) is 7. The van der Waals surface area contributed by atoms with Crippen LogP contribution >= 0.6 is 11.6 Å². The zero-order chi connectivity index (χ0) is 23.0. The van der Waals surface area contributed by atoms with Gasteiger partial charge < -0.3 is 15.0 Å². The first-order valence-corrected chi connectivity index (χ1v) is 12.3. The number of hydrogen-bond donors (Lipinski definition) is 1. The summed E-state index contributed by atoms with van der Waals surface area (Å²) in [5.74, 6) is 1.64. The number of halogens is 1. The SMILES string of the molecule is COc1ccc(-c2nc3c(N4CCNCC4)nccc3n2S(=O)(=O)c2cccc(Cl)c2)cc1. The van der Waals surface area contributed by atoms with Gasteiger partial charge in [-0.1, -0.05) is 17.7 Å². The number of nitrogens with zero attached hydrogens (tertiary/aromatic N) is 4. The van der Waals surface area contributed by atoms with Crippen molar-refractivity contribution >= 4 is 38.5 Å². The molecule has 5 rings (SSSR count). The Kier molecular flexibility index (Phi) is 5.69. The molecule has 0 amide bonds. The Morgan fingerprint density at radius 2 is 1.82 bits per heavy atom. The summed E-state index contributed by atoms with van der Waals surface area (Å²) in [5.41, 5.74) is 1.64. The highest BCUT2D eigenvalue weighted by Gasteiger charge is 2.28. The van der Waals surface area contributed by atoms with E-state index in [9.17, 15) is 8.42 Å². The molecule has 1 saturated heterocycles. The van der Waals surface area contributed by atoms with Crippen LogP contribution in [0.5, 0.6) is 5.75 Å². The number of fused-ring (bicyclic) bond motifs is 1. The number of aromatic nitrogens is 3. The summed E-state index contributed by atoms with van der Waals surface area (Å²) in [4.78, 5) is 11.6. The van der Waals surface area contributed by atoms with Crippen molar-refractivity contribution in [1.29, 1.82) is 0 Å². The lowest BCUT2D eigenvalue weighted by molar-refractivity contribution is 0.415. The standard InChI is InChI=1S/C23H22ClN5O3S/c1-32-18-7-5-16(6-8-18)22-27-21-20(9-10-26-23(21)28-13-11-25-12-14-28)29(22)33(30,31)19-4-2-3-17(24)15-19/h2-10,15,25H,11-14H2,1H3. The number of rotatable bonds is 5. The van der Waals surface area contributed by atoms with Crippen LogP contribution < -0.4 is 15.0 Å². The monoisotopic (exact) mass is 483 g/mol. The number of imidazole rings is 1. The van der Waals surface area contributed by atoms with Crippen molar-refractivity contribution in [2.24, 2.45) is 0 Å². The van der Waals surface area contributed by atoms with Gasteiger partial charge in [-0.2, -0.15) is 0 Å². The maximum Gasteiger partial charge on any atom is 0.270 e. The molecular weight excluding hydrogens is 462 g/mol. The van der Waals surface area contributed by atoms with Crippen LogP contribution in [0, 0.1) is 0 Å². The third-order valence-electron chi connectivity index (χ3n) is 5.61.